The maximum Gasteiger partial charge on any atom is 0.191 e. The first kappa shape index (κ1) is 18.4. The number of hydrogen-bond acceptors (Lipinski definition) is 4. The van der Waals surface area contributed by atoms with Crippen LogP contribution in [0.15, 0.2) is 40.7 Å². The standard InChI is InChI=1S/C21H29N5S/c1-22-21(24-17-11-12-26(14-17)18-9-5-6-10-18)23-13-20-25-19(15-27-20)16-7-3-2-4-8-16/h2-4,7-8,15,17-18H,5-6,9-14H2,1H3,(H2,22,23,24). The Hall–Kier alpha value is -1.92. The Bertz CT molecular complexity index is 751. The molecule has 2 aromatic rings. The number of nitrogens with zero attached hydrogens (tertiary/aromatic N) is 3. The molecule has 27 heavy (non-hydrogen) atoms. The van der Waals surface area contributed by atoms with Gasteiger partial charge in [0.05, 0.1) is 12.2 Å². The zero-order chi connectivity index (χ0) is 18.5. The smallest absolute Gasteiger partial charge is 0.191 e. The fraction of sp³-hybridized carbons (Fsp3) is 0.524. The molecule has 4 rings (SSSR count). The Morgan fingerprint density at radius 1 is 1.22 bits per heavy atom. The molecule has 1 aromatic heterocycles. The highest BCUT2D eigenvalue weighted by atomic mass is 32.1. The number of rotatable bonds is 5. The first-order chi connectivity index (χ1) is 13.3. The Labute approximate surface area is 165 Å². The van der Waals surface area contributed by atoms with Crippen LogP contribution < -0.4 is 10.6 Å². The molecule has 1 unspecified atom stereocenters. The molecule has 0 radical (unpaired) electrons. The van der Waals surface area contributed by atoms with E-state index < -0.39 is 0 Å². The average Bonchev–Trinajstić information content (AvgIpc) is 3.47. The number of guanidine groups is 1. The van der Waals surface area contributed by atoms with E-state index in [0.29, 0.717) is 12.6 Å². The predicted molar refractivity (Wildman–Crippen MR) is 113 cm³/mol. The average molecular weight is 384 g/mol. The minimum atomic E-state index is 0.493. The number of benzene rings is 1. The lowest BCUT2D eigenvalue weighted by molar-refractivity contribution is 0.242. The number of aliphatic imine (C=N–C) groups is 1. The Morgan fingerprint density at radius 2 is 2.04 bits per heavy atom. The molecule has 2 fully saturated rings. The van der Waals surface area contributed by atoms with Crippen LogP contribution in [0.2, 0.25) is 0 Å². The Balaban J connectivity index is 1.27. The molecule has 2 heterocycles. The molecule has 1 aliphatic heterocycles. The van der Waals surface area contributed by atoms with Gasteiger partial charge in [0, 0.05) is 43.2 Å². The monoisotopic (exact) mass is 383 g/mol. The van der Waals surface area contributed by atoms with E-state index in [1.54, 1.807) is 11.3 Å². The van der Waals surface area contributed by atoms with Gasteiger partial charge in [0.1, 0.15) is 5.01 Å². The second-order valence-electron chi connectivity index (χ2n) is 7.48. The first-order valence-electron chi connectivity index (χ1n) is 10.0. The van der Waals surface area contributed by atoms with Crippen LogP contribution in [0, 0.1) is 0 Å². The van der Waals surface area contributed by atoms with Crippen LogP contribution in [-0.4, -0.2) is 48.1 Å². The van der Waals surface area contributed by atoms with E-state index in [-0.39, 0.29) is 0 Å². The predicted octanol–water partition coefficient (Wildman–Crippen LogP) is 3.49. The quantitative estimate of drug-likeness (QED) is 0.613. The third-order valence-electron chi connectivity index (χ3n) is 5.65. The minimum absolute atomic E-state index is 0.493. The normalized spacial score (nSPS) is 21.7. The maximum absolute atomic E-state index is 4.75. The van der Waals surface area contributed by atoms with Crippen molar-refractivity contribution in [3.05, 3.63) is 40.7 Å². The lowest BCUT2D eigenvalue weighted by Crippen LogP contribution is -2.45. The van der Waals surface area contributed by atoms with Crippen LogP contribution in [0.1, 0.15) is 37.1 Å². The van der Waals surface area contributed by atoms with Gasteiger partial charge in [-0.15, -0.1) is 11.3 Å². The van der Waals surface area contributed by atoms with Gasteiger partial charge in [-0.2, -0.15) is 0 Å². The molecule has 0 bridgehead atoms. The van der Waals surface area contributed by atoms with Gasteiger partial charge in [-0.1, -0.05) is 43.2 Å². The summed E-state index contributed by atoms with van der Waals surface area (Å²) in [6.45, 7) is 3.06. The van der Waals surface area contributed by atoms with Gasteiger partial charge in [0.15, 0.2) is 5.96 Å². The van der Waals surface area contributed by atoms with Gasteiger partial charge in [0.2, 0.25) is 0 Å². The Kier molecular flexibility index (Phi) is 6.04. The van der Waals surface area contributed by atoms with Crippen LogP contribution >= 0.6 is 11.3 Å². The molecule has 1 atom stereocenters. The largest absolute Gasteiger partial charge is 0.352 e. The van der Waals surface area contributed by atoms with E-state index in [1.165, 1.54) is 44.2 Å². The molecule has 1 saturated carbocycles. The van der Waals surface area contributed by atoms with Gasteiger partial charge in [0.25, 0.3) is 0 Å². The van der Waals surface area contributed by atoms with Crippen molar-refractivity contribution in [1.29, 1.82) is 0 Å². The molecule has 5 nitrogen and oxygen atoms in total. The SMILES string of the molecule is CN=C(NCc1nc(-c2ccccc2)cs1)NC1CCN(C2CCCC2)C1. The van der Waals surface area contributed by atoms with E-state index in [1.807, 2.05) is 13.1 Å². The van der Waals surface area contributed by atoms with E-state index in [0.717, 1.165) is 29.2 Å². The van der Waals surface area contributed by atoms with Crippen LogP contribution in [-0.2, 0) is 6.54 Å². The summed E-state index contributed by atoms with van der Waals surface area (Å²) in [5.41, 5.74) is 2.21. The molecular weight excluding hydrogens is 354 g/mol. The molecule has 6 heteroatoms. The second kappa shape index (κ2) is 8.85. The van der Waals surface area contributed by atoms with E-state index in [9.17, 15) is 0 Å². The molecule has 1 saturated heterocycles. The van der Waals surface area contributed by atoms with Gasteiger partial charge in [-0.25, -0.2) is 4.98 Å². The number of nitrogens with one attached hydrogen (secondary N) is 2. The number of thiazole rings is 1. The van der Waals surface area contributed by atoms with E-state index in [2.05, 4.69) is 50.2 Å². The first-order valence-corrected chi connectivity index (χ1v) is 10.9. The van der Waals surface area contributed by atoms with Gasteiger partial charge in [-0.3, -0.25) is 9.89 Å². The lowest BCUT2D eigenvalue weighted by Gasteiger charge is -2.24. The fourth-order valence-corrected chi connectivity index (χ4v) is 4.93. The van der Waals surface area contributed by atoms with Crippen molar-refractivity contribution in [3.8, 4) is 11.3 Å². The van der Waals surface area contributed by atoms with Crippen LogP contribution in [0.3, 0.4) is 0 Å². The van der Waals surface area contributed by atoms with Crippen LogP contribution in [0.4, 0.5) is 0 Å². The lowest BCUT2D eigenvalue weighted by atomic mass is 10.2. The van der Waals surface area contributed by atoms with Gasteiger partial charge in [-0.05, 0) is 19.3 Å². The van der Waals surface area contributed by atoms with Crippen molar-refractivity contribution in [2.24, 2.45) is 4.99 Å². The highest BCUT2D eigenvalue weighted by Gasteiger charge is 2.30. The summed E-state index contributed by atoms with van der Waals surface area (Å²) in [6, 6.07) is 11.6. The van der Waals surface area contributed by atoms with Crippen molar-refractivity contribution >= 4 is 17.3 Å². The van der Waals surface area contributed by atoms with Crippen molar-refractivity contribution in [2.45, 2.75) is 50.7 Å². The third kappa shape index (κ3) is 4.68. The summed E-state index contributed by atoms with van der Waals surface area (Å²) in [4.78, 5) is 11.8. The minimum Gasteiger partial charge on any atom is -0.352 e. The zero-order valence-corrected chi connectivity index (χ0v) is 16.8. The van der Waals surface area contributed by atoms with Gasteiger partial charge >= 0.3 is 0 Å². The summed E-state index contributed by atoms with van der Waals surface area (Å²) < 4.78 is 0. The molecule has 1 aromatic carbocycles. The van der Waals surface area contributed by atoms with Crippen molar-refractivity contribution in [2.75, 3.05) is 20.1 Å². The van der Waals surface area contributed by atoms with Crippen molar-refractivity contribution < 1.29 is 0 Å². The van der Waals surface area contributed by atoms with Gasteiger partial charge < -0.3 is 10.6 Å². The highest BCUT2D eigenvalue weighted by Crippen LogP contribution is 2.26. The van der Waals surface area contributed by atoms with Crippen molar-refractivity contribution in [3.63, 3.8) is 0 Å². The van der Waals surface area contributed by atoms with E-state index >= 15 is 0 Å². The molecular formula is C21H29N5S. The summed E-state index contributed by atoms with van der Waals surface area (Å²) >= 11 is 1.69. The molecule has 144 valence electrons. The third-order valence-corrected chi connectivity index (χ3v) is 6.50. The summed E-state index contributed by atoms with van der Waals surface area (Å²) in [7, 11) is 1.84. The Morgan fingerprint density at radius 3 is 2.81 bits per heavy atom. The van der Waals surface area contributed by atoms with E-state index in [4.69, 9.17) is 4.98 Å². The second-order valence-corrected chi connectivity index (χ2v) is 8.42. The summed E-state index contributed by atoms with van der Waals surface area (Å²) in [5.74, 6) is 0.879. The zero-order valence-electron chi connectivity index (χ0n) is 16.0. The molecule has 0 amide bonds. The molecule has 1 aliphatic carbocycles. The number of likely N-dealkylation sites (tertiary alicyclic amines) is 1. The summed E-state index contributed by atoms with van der Waals surface area (Å²) in [6.07, 6.45) is 6.77. The topological polar surface area (TPSA) is 52.6 Å². The van der Waals surface area contributed by atoms with Crippen molar-refractivity contribution in [1.82, 2.24) is 20.5 Å². The molecule has 2 N–H and O–H groups in total. The maximum atomic E-state index is 4.75. The fourth-order valence-electron chi connectivity index (χ4n) is 4.19. The summed E-state index contributed by atoms with van der Waals surface area (Å²) in [5, 5.41) is 10.2. The number of aromatic nitrogens is 1. The highest BCUT2D eigenvalue weighted by molar-refractivity contribution is 7.09. The van der Waals surface area contributed by atoms with Crippen LogP contribution in [0.5, 0.6) is 0 Å². The molecule has 2 aliphatic rings. The molecule has 0 spiro atoms. The van der Waals surface area contributed by atoms with Crippen LogP contribution in [0.25, 0.3) is 11.3 Å². The number of hydrogen-bond donors (Lipinski definition) is 2.